The van der Waals surface area contributed by atoms with Gasteiger partial charge in [-0.05, 0) is 18.4 Å². The van der Waals surface area contributed by atoms with E-state index in [4.69, 9.17) is 5.73 Å². The predicted octanol–water partition coefficient (Wildman–Crippen LogP) is 2.06. The fraction of sp³-hybridized carbons (Fsp3) is 0.636. The number of rotatable bonds is 3. The average molecular weight is 191 g/mol. The summed E-state index contributed by atoms with van der Waals surface area (Å²) in [5.41, 5.74) is 6.05. The van der Waals surface area contributed by atoms with Crippen molar-refractivity contribution in [3.63, 3.8) is 0 Å². The molecule has 2 rings (SSSR count). The van der Waals surface area contributed by atoms with E-state index < -0.39 is 0 Å². The van der Waals surface area contributed by atoms with Crippen LogP contribution in [0.15, 0.2) is 18.5 Å². The molecule has 1 aliphatic carbocycles. The van der Waals surface area contributed by atoms with E-state index in [1.165, 1.54) is 25.7 Å². The smallest absolute Gasteiger partial charge is 0.144 e. The second kappa shape index (κ2) is 4.51. The lowest BCUT2D eigenvalue weighted by molar-refractivity contribution is 0.439. The van der Waals surface area contributed by atoms with Crippen LogP contribution in [0, 0.1) is 5.92 Å². The largest absolute Gasteiger partial charge is 0.321 e. The summed E-state index contributed by atoms with van der Waals surface area (Å²) >= 11 is 0. The maximum absolute atomic E-state index is 6.05. The number of hydrogen-bond acceptors (Lipinski definition) is 3. The van der Waals surface area contributed by atoms with Gasteiger partial charge in [-0.15, -0.1) is 0 Å². The summed E-state index contributed by atoms with van der Waals surface area (Å²) in [4.78, 5) is 8.37. The molecule has 0 amide bonds. The van der Waals surface area contributed by atoms with E-state index in [2.05, 4.69) is 9.97 Å². The molecule has 1 aromatic heterocycles. The Morgan fingerprint density at radius 1 is 1.29 bits per heavy atom. The zero-order valence-corrected chi connectivity index (χ0v) is 8.39. The van der Waals surface area contributed by atoms with Crippen molar-refractivity contribution in [2.45, 2.75) is 38.1 Å². The van der Waals surface area contributed by atoms with Crippen LogP contribution in [0.4, 0.5) is 0 Å². The lowest BCUT2D eigenvalue weighted by Crippen LogP contribution is -2.16. The van der Waals surface area contributed by atoms with Crippen molar-refractivity contribution >= 4 is 0 Å². The predicted molar refractivity (Wildman–Crippen MR) is 55.5 cm³/mol. The van der Waals surface area contributed by atoms with Crippen molar-refractivity contribution in [1.29, 1.82) is 0 Å². The van der Waals surface area contributed by atoms with Crippen LogP contribution in [0.2, 0.25) is 0 Å². The highest BCUT2D eigenvalue weighted by Gasteiger charge is 2.19. The highest BCUT2D eigenvalue weighted by Crippen LogP contribution is 2.30. The van der Waals surface area contributed by atoms with Crippen LogP contribution in [0.1, 0.15) is 44.0 Å². The maximum atomic E-state index is 6.05. The molecule has 1 fully saturated rings. The molecule has 0 saturated heterocycles. The molecule has 0 aromatic carbocycles. The van der Waals surface area contributed by atoms with E-state index in [0.717, 1.165) is 18.2 Å². The summed E-state index contributed by atoms with van der Waals surface area (Å²) in [6.45, 7) is 0. The van der Waals surface area contributed by atoms with Crippen molar-refractivity contribution in [3.8, 4) is 0 Å². The van der Waals surface area contributed by atoms with Crippen molar-refractivity contribution in [2.24, 2.45) is 11.7 Å². The lowest BCUT2D eigenvalue weighted by atomic mass is 9.98. The van der Waals surface area contributed by atoms with Gasteiger partial charge in [-0.2, -0.15) is 0 Å². The molecule has 2 N–H and O–H groups in total. The van der Waals surface area contributed by atoms with Gasteiger partial charge < -0.3 is 5.73 Å². The van der Waals surface area contributed by atoms with Gasteiger partial charge in [-0.3, -0.25) is 0 Å². The van der Waals surface area contributed by atoms with Crippen molar-refractivity contribution < 1.29 is 0 Å². The Labute approximate surface area is 84.8 Å². The summed E-state index contributed by atoms with van der Waals surface area (Å²) in [5, 5.41) is 0. The van der Waals surface area contributed by atoms with Gasteiger partial charge in [0.15, 0.2) is 0 Å². The second-order valence-corrected chi connectivity index (χ2v) is 4.10. The van der Waals surface area contributed by atoms with Gasteiger partial charge in [-0.1, -0.05) is 25.7 Å². The topological polar surface area (TPSA) is 51.8 Å². The molecule has 0 aliphatic heterocycles. The number of nitrogens with zero attached hydrogens (tertiary/aromatic N) is 2. The minimum absolute atomic E-state index is 0.0271. The molecular weight excluding hydrogens is 174 g/mol. The Bertz CT molecular complexity index is 267. The molecule has 1 atom stereocenters. The monoisotopic (exact) mass is 191 g/mol. The van der Waals surface area contributed by atoms with E-state index in [9.17, 15) is 0 Å². The van der Waals surface area contributed by atoms with Gasteiger partial charge in [0.05, 0.1) is 6.04 Å². The first-order chi connectivity index (χ1) is 6.86. The number of nitrogens with two attached hydrogens (primary N) is 1. The zero-order chi connectivity index (χ0) is 9.80. The second-order valence-electron chi connectivity index (χ2n) is 4.10. The molecule has 1 saturated carbocycles. The van der Waals surface area contributed by atoms with Gasteiger partial charge in [-0.25, -0.2) is 9.97 Å². The van der Waals surface area contributed by atoms with Crippen LogP contribution in [-0.2, 0) is 0 Å². The first-order valence-corrected chi connectivity index (χ1v) is 5.39. The molecule has 1 aromatic rings. The summed E-state index contributed by atoms with van der Waals surface area (Å²) in [5.74, 6) is 1.59. The molecule has 0 bridgehead atoms. The average Bonchev–Trinajstić information content (AvgIpc) is 2.72. The minimum atomic E-state index is 0.0271. The van der Waals surface area contributed by atoms with Gasteiger partial charge in [0.2, 0.25) is 0 Å². The zero-order valence-electron chi connectivity index (χ0n) is 8.39. The standard InChI is InChI=1S/C11H17N3/c12-10(8-9-4-1-2-5-9)11-13-6-3-7-14-11/h3,6-7,9-10H,1-2,4-5,8,12H2. The third-order valence-corrected chi connectivity index (χ3v) is 2.98. The molecule has 0 radical (unpaired) electrons. The van der Waals surface area contributed by atoms with Gasteiger partial charge in [0.25, 0.3) is 0 Å². The third-order valence-electron chi connectivity index (χ3n) is 2.98. The van der Waals surface area contributed by atoms with Crippen LogP contribution in [0.3, 0.4) is 0 Å². The van der Waals surface area contributed by atoms with Gasteiger partial charge in [0, 0.05) is 12.4 Å². The van der Waals surface area contributed by atoms with Crippen LogP contribution in [-0.4, -0.2) is 9.97 Å². The SMILES string of the molecule is NC(CC1CCCC1)c1ncccn1. The fourth-order valence-electron chi connectivity index (χ4n) is 2.21. The summed E-state index contributed by atoms with van der Waals surface area (Å²) in [6, 6.07) is 1.85. The van der Waals surface area contributed by atoms with Crippen LogP contribution < -0.4 is 5.73 Å². The molecule has 3 nitrogen and oxygen atoms in total. The summed E-state index contributed by atoms with van der Waals surface area (Å²) in [6.07, 6.45) is 9.97. The van der Waals surface area contributed by atoms with E-state index in [1.807, 2.05) is 6.07 Å². The highest BCUT2D eigenvalue weighted by atomic mass is 14.9. The fourth-order valence-corrected chi connectivity index (χ4v) is 2.21. The van der Waals surface area contributed by atoms with E-state index in [0.29, 0.717) is 0 Å². The van der Waals surface area contributed by atoms with Gasteiger partial charge >= 0.3 is 0 Å². The Morgan fingerprint density at radius 2 is 1.93 bits per heavy atom. The Hall–Kier alpha value is -0.960. The van der Waals surface area contributed by atoms with Gasteiger partial charge in [0.1, 0.15) is 5.82 Å². The molecule has 0 spiro atoms. The van der Waals surface area contributed by atoms with Crippen molar-refractivity contribution in [2.75, 3.05) is 0 Å². The van der Waals surface area contributed by atoms with Crippen LogP contribution in [0.5, 0.6) is 0 Å². The van der Waals surface area contributed by atoms with E-state index in [1.54, 1.807) is 12.4 Å². The molecule has 76 valence electrons. The number of hydrogen-bond donors (Lipinski definition) is 1. The molecule has 1 aliphatic rings. The Kier molecular flexibility index (Phi) is 3.09. The lowest BCUT2D eigenvalue weighted by Gasteiger charge is -2.14. The van der Waals surface area contributed by atoms with E-state index in [-0.39, 0.29) is 6.04 Å². The molecule has 1 unspecified atom stereocenters. The maximum Gasteiger partial charge on any atom is 0.144 e. The van der Waals surface area contributed by atoms with Crippen molar-refractivity contribution in [3.05, 3.63) is 24.3 Å². The van der Waals surface area contributed by atoms with E-state index >= 15 is 0 Å². The Balaban J connectivity index is 1.92. The summed E-state index contributed by atoms with van der Waals surface area (Å²) < 4.78 is 0. The third kappa shape index (κ3) is 2.29. The van der Waals surface area contributed by atoms with Crippen LogP contribution >= 0.6 is 0 Å². The first-order valence-electron chi connectivity index (χ1n) is 5.39. The molecular formula is C11H17N3. The van der Waals surface area contributed by atoms with Crippen LogP contribution in [0.25, 0.3) is 0 Å². The number of aromatic nitrogens is 2. The Morgan fingerprint density at radius 3 is 2.57 bits per heavy atom. The first kappa shape index (κ1) is 9.59. The minimum Gasteiger partial charge on any atom is -0.321 e. The highest BCUT2D eigenvalue weighted by molar-refractivity contribution is 4.95. The summed E-state index contributed by atoms with van der Waals surface area (Å²) in [7, 11) is 0. The molecule has 14 heavy (non-hydrogen) atoms. The normalized spacial score (nSPS) is 19.8. The molecule has 3 heteroatoms. The quantitative estimate of drug-likeness (QED) is 0.795. The molecule has 1 heterocycles. The van der Waals surface area contributed by atoms with Crippen molar-refractivity contribution in [1.82, 2.24) is 9.97 Å².